The van der Waals surface area contributed by atoms with Crippen LogP contribution in [0.3, 0.4) is 0 Å². The second-order valence-electron chi connectivity index (χ2n) is 2.83. The summed E-state index contributed by atoms with van der Waals surface area (Å²) in [6, 6.07) is 0. The van der Waals surface area contributed by atoms with Crippen molar-refractivity contribution in [1.29, 1.82) is 0 Å². The van der Waals surface area contributed by atoms with Crippen molar-refractivity contribution >= 4 is 19.0 Å². The molecule has 0 aromatic heterocycles. The molecule has 0 saturated carbocycles. The summed E-state index contributed by atoms with van der Waals surface area (Å²) in [7, 11) is -2.83. The van der Waals surface area contributed by atoms with Gasteiger partial charge < -0.3 is 4.57 Å². The highest BCUT2D eigenvalue weighted by Crippen LogP contribution is 2.44. The zero-order valence-electron chi connectivity index (χ0n) is 7.95. The molecule has 0 heterocycles. The summed E-state index contributed by atoms with van der Waals surface area (Å²) in [5.74, 6) is 8.62. The molecule has 14 heavy (non-hydrogen) atoms. The Balaban J connectivity index is 4.40. The molecule has 2 amide bonds. The van der Waals surface area contributed by atoms with E-state index in [2.05, 4.69) is 0 Å². The van der Waals surface area contributed by atoms with Crippen LogP contribution in [0.1, 0.15) is 6.92 Å². The Morgan fingerprint density at radius 3 is 1.71 bits per heavy atom. The summed E-state index contributed by atoms with van der Waals surface area (Å²) in [5, 5.41) is 0. The minimum atomic E-state index is -2.83. The lowest BCUT2D eigenvalue weighted by molar-refractivity contribution is -0.118. The molecular weight excluding hydrogens is 207 g/mol. The van der Waals surface area contributed by atoms with E-state index in [1.54, 1.807) is 6.92 Å². The number of carbonyl (C=O) groups is 2. The molecule has 0 atom stereocenters. The van der Waals surface area contributed by atoms with E-state index in [0.29, 0.717) is 0 Å². The third kappa shape index (κ3) is 4.36. The third-order valence-electron chi connectivity index (χ3n) is 1.76. The van der Waals surface area contributed by atoms with Crippen LogP contribution in [0.15, 0.2) is 0 Å². The molecule has 7 nitrogen and oxygen atoms in total. The zero-order valence-corrected chi connectivity index (χ0v) is 8.84. The minimum absolute atomic E-state index is 0.229. The van der Waals surface area contributed by atoms with Crippen molar-refractivity contribution in [2.24, 2.45) is 11.7 Å². The molecule has 0 aliphatic carbocycles. The highest BCUT2D eigenvalue weighted by Gasteiger charge is 2.26. The summed E-state index contributed by atoms with van der Waals surface area (Å²) in [5.41, 5.74) is 3.74. The van der Waals surface area contributed by atoms with E-state index in [0.717, 1.165) is 0 Å². The van der Waals surface area contributed by atoms with Crippen LogP contribution in [0.25, 0.3) is 0 Å². The molecule has 0 aromatic rings. The quantitative estimate of drug-likeness (QED) is 0.192. The first kappa shape index (κ1) is 13.1. The number of hydrogen-bond acceptors (Lipinski definition) is 5. The maximum atomic E-state index is 11.9. The predicted molar refractivity (Wildman–Crippen MR) is 52.5 cm³/mol. The van der Waals surface area contributed by atoms with Crippen molar-refractivity contribution in [3.8, 4) is 0 Å². The largest absolute Gasteiger partial charge is 0.323 e. The Bertz CT molecular complexity index is 246. The summed E-state index contributed by atoms with van der Waals surface area (Å²) < 4.78 is 11.9. The molecule has 8 heteroatoms. The Morgan fingerprint density at radius 2 is 1.50 bits per heavy atom. The van der Waals surface area contributed by atoms with Crippen LogP contribution in [0, 0.1) is 0 Å². The second kappa shape index (κ2) is 5.74. The second-order valence-corrected chi connectivity index (χ2v) is 6.21. The Kier molecular flexibility index (Phi) is 5.37. The monoisotopic (exact) mass is 222 g/mol. The van der Waals surface area contributed by atoms with Gasteiger partial charge in [-0.1, -0.05) is 6.92 Å². The first-order valence-corrected chi connectivity index (χ1v) is 6.29. The lowest BCUT2D eigenvalue weighted by Gasteiger charge is -2.13. The van der Waals surface area contributed by atoms with Crippen LogP contribution in [0.5, 0.6) is 0 Å². The average molecular weight is 222 g/mol. The van der Waals surface area contributed by atoms with Crippen molar-refractivity contribution in [2.75, 3.05) is 18.5 Å². The molecule has 0 fully saturated rings. The number of amides is 2. The van der Waals surface area contributed by atoms with Crippen molar-refractivity contribution in [3.63, 3.8) is 0 Å². The van der Waals surface area contributed by atoms with Gasteiger partial charge in [-0.25, -0.2) is 11.7 Å². The van der Waals surface area contributed by atoms with Gasteiger partial charge in [0, 0.05) is 0 Å². The zero-order chi connectivity index (χ0) is 11.2. The Morgan fingerprint density at radius 1 is 1.14 bits per heavy atom. The van der Waals surface area contributed by atoms with Crippen LogP contribution in [-0.2, 0) is 14.2 Å². The molecule has 0 unspecified atom stereocenters. The number of nitrogens with two attached hydrogens (primary N) is 2. The Hall–Kier alpha value is -0.910. The number of hydrogen-bond donors (Lipinski definition) is 4. The maximum Gasteiger partial charge on any atom is 0.241 e. The highest BCUT2D eigenvalue weighted by molar-refractivity contribution is 7.65. The SMILES string of the molecule is CCP(=O)(CC(=O)NN)CC(=O)NN. The van der Waals surface area contributed by atoms with Gasteiger partial charge in [-0.15, -0.1) is 0 Å². The molecule has 0 aromatic carbocycles. The van der Waals surface area contributed by atoms with Crippen LogP contribution < -0.4 is 22.5 Å². The molecule has 6 N–H and O–H groups in total. The summed E-state index contributed by atoms with van der Waals surface area (Å²) >= 11 is 0. The number of nitrogens with one attached hydrogen (secondary N) is 2. The van der Waals surface area contributed by atoms with Gasteiger partial charge in [0.25, 0.3) is 0 Å². The van der Waals surface area contributed by atoms with E-state index < -0.39 is 19.0 Å². The first-order valence-electron chi connectivity index (χ1n) is 4.03. The van der Waals surface area contributed by atoms with E-state index >= 15 is 0 Å². The Labute approximate surface area is 81.9 Å². The summed E-state index contributed by atoms with van der Waals surface area (Å²) in [6.45, 7) is 1.65. The van der Waals surface area contributed by atoms with Crippen LogP contribution in [0.2, 0.25) is 0 Å². The molecule has 0 spiro atoms. The fourth-order valence-electron chi connectivity index (χ4n) is 0.894. The summed E-state index contributed by atoms with van der Waals surface area (Å²) in [6.07, 6.45) is -0.200. The molecule has 0 radical (unpaired) electrons. The minimum Gasteiger partial charge on any atom is -0.323 e. The van der Waals surface area contributed by atoms with Crippen molar-refractivity contribution in [3.05, 3.63) is 0 Å². The molecular formula is C6H15N4O3P. The van der Waals surface area contributed by atoms with Gasteiger partial charge in [0.1, 0.15) is 7.14 Å². The van der Waals surface area contributed by atoms with Gasteiger partial charge in [0.15, 0.2) is 0 Å². The van der Waals surface area contributed by atoms with Gasteiger partial charge in [-0.2, -0.15) is 0 Å². The fourth-order valence-corrected chi connectivity index (χ4v) is 2.68. The lowest BCUT2D eigenvalue weighted by atomic mass is 10.7. The van der Waals surface area contributed by atoms with E-state index in [-0.39, 0.29) is 18.5 Å². The number of carbonyl (C=O) groups excluding carboxylic acids is 2. The van der Waals surface area contributed by atoms with E-state index in [9.17, 15) is 14.2 Å². The maximum absolute atomic E-state index is 11.9. The molecule has 0 rings (SSSR count). The summed E-state index contributed by atoms with van der Waals surface area (Å²) in [4.78, 5) is 21.8. The topological polar surface area (TPSA) is 127 Å². The van der Waals surface area contributed by atoms with Gasteiger partial charge in [-0.3, -0.25) is 20.4 Å². The van der Waals surface area contributed by atoms with Gasteiger partial charge in [0.2, 0.25) is 11.8 Å². The standard InChI is InChI=1S/C6H15N4O3P/c1-2-14(13,3-5(11)9-7)4-6(12)10-8/h2-4,7-8H2,1H3,(H,9,11)(H,10,12). The average Bonchev–Trinajstić information content (AvgIpc) is 2.17. The van der Waals surface area contributed by atoms with Crippen LogP contribution in [0.4, 0.5) is 0 Å². The van der Waals surface area contributed by atoms with Crippen molar-refractivity contribution < 1.29 is 14.2 Å². The van der Waals surface area contributed by atoms with Gasteiger partial charge in [-0.05, 0) is 6.16 Å². The highest BCUT2D eigenvalue weighted by atomic mass is 31.2. The number of hydrazine groups is 2. The van der Waals surface area contributed by atoms with Gasteiger partial charge in [0.05, 0.1) is 12.3 Å². The van der Waals surface area contributed by atoms with E-state index in [1.165, 1.54) is 0 Å². The molecule has 82 valence electrons. The van der Waals surface area contributed by atoms with Crippen molar-refractivity contribution in [2.45, 2.75) is 6.92 Å². The molecule has 0 bridgehead atoms. The third-order valence-corrected chi connectivity index (χ3v) is 4.64. The fraction of sp³-hybridized carbons (Fsp3) is 0.667. The predicted octanol–water partition coefficient (Wildman–Crippen LogP) is -1.65. The molecule has 0 aliphatic rings. The van der Waals surface area contributed by atoms with Crippen LogP contribution in [-0.4, -0.2) is 30.3 Å². The van der Waals surface area contributed by atoms with E-state index in [4.69, 9.17) is 11.7 Å². The smallest absolute Gasteiger partial charge is 0.241 e. The molecule has 0 saturated heterocycles. The lowest BCUT2D eigenvalue weighted by Crippen LogP contribution is -2.36. The molecule has 0 aliphatic heterocycles. The van der Waals surface area contributed by atoms with E-state index in [1.807, 2.05) is 10.9 Å². The van der Waals surface area contributed by atoms with Crippen LogP contribution >= 0.6 is 7.14 Å². The first-order chi connectivity index (χ1) is 6.47. The van der Waals surface area contributed by atoms with Crippen molar-refractivity contribution in [1.82, 2.24) is 10.9 Å². The number of rotatable bonds is 5. The normalized spacial score (nSPS) is 10.8. The van der Waals surface area contributed by atoms with Gasteiger partial charge >= 0.3 is 0 Å².